The van der Waals surface area contributed by atoms with Gasteiger partial charge in [0.1, 0.15) is 27.7 Å². The van der Waals surface area contributed by atoms with Crippen molar-refractivity contribution < 1.29 is 34.6 Å². The van der Waals surface area contributed by atoms with Gasteiger partial charge in [-0.05, 0) is 32.5 Å². The Morgan fingerprint density at radius 2 is 1.60 bits per heavy atom. The Balaban J connectivity index is 1.84. The summed E-state index contributed by atoms with van der Waals surface area (Å²) in [6.07, 6.45) is 0. The molecule has 0 aliphatic carbocycles. The number of rotatable bonds is 15. The molecule has 5 nitrogen and oxygen atoms in total. The zero-order valence-electron chi connectivity index (χ0n) is 23.6. The molecule has 1 fully saturated rings. The molecule has 250 valence electrons. The first-order valence-electron chi connectivity index (χ1n) is 12.7. The van der Waals surface area contributed by atoms with Crippen LogP contribution in [0.2, 0.25) is 0 Å². The lowest BCUT2D eigenvalue weighted by Crippen LogP contribution is -2.47. The smallest absolute Gasteiger partial charge is 0.325 e. The Kier molecular flexibility index (Phi) is 16.3. The van der Waals surface area contributed by atoms with Crippen LogP contribution in [0.15, 0.2) is 56.0 Å². The number of hydrogen-bond acceptors (Lipinski definition) is 12. The van der Waals surface area contributed by atoms with Gasteiger partial charge in [0.2, 0.25) is 3.79 Å². The normalized spacial score (nSPS) is 18.6. The average Bonchev–Trinajstić information content (AvgIpc) is 3.30. The van der Waals surface area contributed by atoms with Crippen molar-refractivity contribution in [2.45, 2.75) is 63.6 Å². The molecule has 1 heterocycles. The summed E-state index contributed by atoms with van der Waals surface area (Å²) in [5, 5.41) is -1.35. The highest BCUT2D eigenvalue weighted by Gasteiger charge is 2.47. The van der Waals surface area contributed by atoms with Gasteiger partial charge in [-0.2, -0.15) is 27.3 Å². The number of halogens is 7. The van der Waals surface area contributed by atoms with Crippen LogP contribution >= 0.6 is 119 Å². The molecule has 0 spiro atoms. The van der Waals surface area contributed by atoms with Crippen molar-refractivity contribution in [3.05, 3.63) is 42.0 Å². The third-order valence-corrected chi connectivity index (χ3v) is 13.3. The number of nitrogens with zero attached hydrogens (tertiary/aromatic N) is 1. The Labute approximate surface area is 305 Å². The first kappa shape index (κ1) is 39.8. The SMILES string of the molecule is CN(CC1SC(C)(C)SC1C(=O)Oc1c(SF)c(SF)cc(SF)c1SF)C(CSCc1ccccc1)C(=O)OCC(Cl)(Cl)Cl. The molecule has 2 aromatic rings. The first-order valence-corrected chi connectivity index (χ1v) is 19.6. The van der Waals surface area contributed by atoms with E-state index in [2.05, 4.69) is 0 Å². The number of hydrogen-bond donors (Lipinski definition) is 0. The number of ether oxygens (including phenoxy) is 2. The molecule has 0 amide bonds. The Bertz CT molecular complexity index is 1290. The predicted molar refractivity (Wildman–Crippen MR) is 187 cm³/mol. The number of carbonyl (C=O) groups excluding carboxylic acids is 2. The highest BCUT2D eigenvalue weighted by atomic mass is 35.6. The minimum Gasteiger partial charge on any atom is -0.460 e. The number of likely N-dealkylation sites (N-methyl/N-ethyl adjacent to an activating group) is 1. The standard InChI is InChI=1S/C26H26Cl3F4NO4S7/c1-25(2)40-18(22(41-25)24(36)38-19-20(44-32)16(42-30)9-17(43-31)21(19)45-33)10-34(3)15(23(35)37-13-26(27,28)29)12-39-11-14-7-5-4-6-8-14/h4-9,15,18,22H,10-13H2,1-3H3. The maximum Gasteiger partial charge on any atom is 0.325 e. The molecule has 45 heavy (non-hydrogen) atoms. The van der Waals surface area contributed by atoms with Crippen LogP contribution in [0.5, 0.6) is 5.75 Å². The van der Waals surface area contributed by atoms with E-state index in [4.69, 9.17) is 44.3 Å². The molecule has 0 radical (unpaired) electrons. The van der Waals surface area contributed by atoms with Gasteiger partial charge in [0, 0.05) is 23.3 Å². The molecule has 3 rings (SSSR count). The summed E-state index contributed by atoms with van der Waals surface area (Å²) in [6.45, 7) is 3.53. The van der Waals surface area contributed by atoms with Crippen LogP contribution in [-0.2, 0) is 20.1 Å². The van der Waals surface area contributed by atoms with Crippen molar-refractivity contribution in [1.29, 1.82) is 0 Å². The van der Waals surface area contributed by atoms with Crippen LogP contribution in [0.3, 0.4) is 0 Å². The van der Waals surface area contributed by atoms with Crippen LogP contribution in [-0.4, -0.2) is 67.2 Å². The van der Waals surface area contributed by atoms with Gasteiger partial charge in [0.05, 0.1) is 62.5 Å². The lowest BCUT2D eigenvalue weighted by atomic mass is 10.2. The van der Waals surface area contributed by atoms with E-state index in [-0.39, 0.29) is 40.6 Å². The van der Waals surface area contributed by atoms with Crippen molar-refractivity contribution in [3.63, 3.8) is 0 Å². The van der Waals surface area contributed by atoms with E-state index in [0.29, 0.717) is 11.5 Å². The topological polar surface area (TPSA) is 55.8 Å². The van der Waals surface area contributed by atoms with Gasteiger partial charge < -0.3 is 9.47 Å². The van der Waals surface area contributed by atoms with Gasteiger partial charge in [-0.3, -0.25) is 14.5 Å². The van der Waals surface area contributed by atoms with Crippen LogP contribution < -0.4 is 4.74 Å². The zero-order valence-corrected chi connectivity index (χ0v) is 31.6. The summed E-state index contributed by atoms with van der Waals surface area (Å²) in [6, 6.07) is 9.82. The van der Waals surface area contributed by atoms with Gasteiger partial charge in [0.25, 0.3) is 0 Å². The second-order valence-corrected chi connectivity index (χ2v) is 19.6. The third-order valence-electron chi connectivity index (χ3n) is 6.10. The molecule has 19 heteroatoms. The molecular formula is C26H26Cl3F4NO4S7. The van der Waals surface area contributed by atoms with E-state index in [1.165, 1.54) is 35.3 Å². The molecule has 3 unspecified atom stereocenters. The lowest BCUT2D eigenvalue weighted by Gasteiger charge is -2.30. The van der Waals surface area contributed by atoms with Crippen molar-refractivity contribution in [1.82, 2.24) is 4.90 Å². The quantitative estimate of drug-likeness (QED) is 0.0744. The highest BCUT2D eigenvalue weighted by molar-refractivity contribution is 8.22. The van der Waals surface area contributed by atoms with Crippen LogP contribution in [0.25, 0.3) is 0 Å². The fraction of sp³-hybridized carbons (Fsp3) is 0.462. The summed E-state index contributed by atoms with van der Waals surface area (Å²) in [5.41, 5.74) is 1.06. The molecule has 0 saturated carbocycles. The van der Waals surface area contributed by atoms with E-state index in [1.54, 1.807) is 11.9 Å². The second-order valence-electron chi connectivity index (χ2n) is 9.86. The molecule has 3 atom stereocenters. The summed E-state index contributed by atoms with van der Waals surface area (Å²) in [5.74, 6) is -1.14. The second kappa shape index (κ2) is 18.4. The van der Waals surface area contributed by atoms with E-state index >= 15 is 0 Å². The maximum absolute atomic E-state index is 13.9. The average molecular weight is 823 g/mol. The van der Waals surface area contributed by atoms with Gasteiger partial charge >= 0.3 is 11.9 Å². The summed E-state index contributed by atoms with van der Waals surface area (Å²) < 4.78 is 63.5. The Hall–Kier alpha value is 0.380. The monoisotopic (exact) mass is 821 g/mol. The Morgan fingerprint density at radius 1 is 1.00 bits per heavy atom. The van der Waals surface area contributed by atoms with E-state index in [9.17, 15) is 25.1 Å². The van der Waals surface area contributed by atoms with E-state index in [1.807, 2.05) is 44.2 Å². The predicted octanol–water partition coefficient (Wildman–Crippen LogP) is 10.6. The zero-order chi connectivity index (χ0) is 33.4. The Morgan fingerprint density at radius 3 is 2.13 bits per heavy atom. The maximum atomic E-state index is 13.9. The van der Waals surface area contributed by atoms with Gasteiger partial charge in [0.15, 0.2) is 5.75 Å². The van der Waals surface area contributed by atoms with Crippen LogP contribution in [0.1, 0.15) is 19.4 Å². The van der Waals surface area contributed by atoms with Crippen molar-refractivity contribution in [2.24, 2.45) is 0 Å². The summed E-state index contributed by atoms with van der Waals surface area (Å²) in [7, 11) is 1.70. The largest absolute Gasteiger partial charge is 0.460 e. The van der Waals surface area contributed by atoms with E-state index in [0.717, 1.165) is 11.6 Å². The minimum atomic E-state index is -1.81. The van der Waals surface area contributed by atoms with Crippen molar-refractivity contribution in [3.8, 4) is 5.75 Å². The van der Waals surface area contributed by atoms with Crippen LogP contribution in [0, 0.1) is 0 Å². The molecule has 0 bridgehead atoms. The number of benzene rings is 2. The number of carbonyl (C=O) groups is 2. The van der Waals surface area contributed by atoms with Crippen molar-refractivity contribution >= 4 is 131 Å². The fourth-order valence-electron chi connectivity index (χ4n) is 4.16. The minimum absolute atomic E-state index is 0.196. The molecule has 1 aliphatic rings. The van der Waals surface area contributed by atoms with E-state index < -0.39 is 82.8 Å². The number of alkyl halides is 3. The lowest BCUT2D eigenvalue weighted by molar-refractivity contribution is -0.148. The number of thioether (sulfide) groups is 3. The first-order chi connectivity index (χ1) is 21.2. The summed E-state index contributed by atoms with van der Waals surface area (Å²) in [4.78, 5) is 26.8. The molecular weight excluding hydrogens is 797 g/mol. The van der Waals surface area contributed by atoms with Gasteiger partial charge in [-0.25, -0.2) is 0 Å². The molecule has 0 aromatic heterocycles. The molecule has 1 saturated heterocycles. The van der Waals surface area contributed by atoms with Crippen molar-refractivity contribution in [2.75, 3.05) is 26.0 Å². The fourth-order valence-corrected chi connectivity index (χ4v) is 10.8. The molecule has 2 aromatic carbocycles. The molecule has 1 aliphatic heterocycles. The van der Waals surface area contributed by atoms with Gasteiger partial charge in [-0.1, -0.05) is 65.1 Å². The highest BCUT2D eigenvalue weighted by Crippen LogP contribution is 2.54. The third kappa shape index (κ3) is 11.7. The summed E-state index contributed by atoms with van der Waals surface area (Å²) >= 11 is 20.0. The van der Waals surface area contributed by atoms with Gasteiger partial charge in [-0.15, -0.1) is 23.5 Å². The van der Waals surface area contributed by atoms with Crippen LogP contribution in [0.4, 0.5) is 15.5 Å². The molecule has 0 N–H and O–H groups in total. The number of esters is 2.